The van der Waals surface area contributed by atoms with Crippen molar-refractivity contribution in [3.8, 4) is 11.6 Å². The number of hydrogen-bond donors (Lipinski definition) is 1. The predicted molar refractivity (Wildman–Crippen MR) is 70.7 cm³/mol. The summed E-state index contributed by atoms with van der Waals surface area (Å²) in [5.74, 6) is 1.46. The summed E-state index contributed by atoms with van der Waals surface area (Å²) < 4.78 is 5.83. The fourth-order valence-corrected chi connectivity index (χ4v) is 2.39. The number of benzene rings is 1. The number of ether oxygens (including phenoxy) is 1. The molecule has 2 aromatic rings. The highest BCUT2D eigenvalue weighted by molar-refractivity contribution is 5.40. The lowest BCUT2D eigenvalue weighted by Gasteiger charge is -2.09. The summed E-state index contributed by atoms with van der Waals surface area (Å²) in [5.41, 5.74) is 9.45. The van der Waals surface area contributed by atoms with E-state index in [1.54, 1.807) is 6.20 Å². The summed E-state index contributed by atoms with van der Waals surface area (Å²) >= 11 is 0. The molecule has 92 valence electrons. The lowest BCUT2D eigenvalue weighted by molar-refractivity contribution is 0.456. The number of fused-ring (bicyclic) bond motifs is 1. The Balaban J connectivity index is 1.88. The lowest BCUT2D eigenvalue weighted by atomic mass is 10.1. The minimum Gasteiger partial charge on any atom is -0.439 e. The molecule has 0 bridgehead atoms. The van der Waals surface area contributed by atoms with E-state index in [4.69, 9.17) is 10.5 Å². The highest BCUT2D eigenvalue weighted by Crippen LogP contribution is 2.29. The van der Waals surface area contributed by atoms with Crippen LogP contribution < -0.4 is 10.5 Å². The Morgan fingerprint density at radius 2 is 2.06 bits per heavy atom. The topological polar surface area (TPSA) is 48.1 Å². The molecule has 0 amide bonds. The largest absolute Gasteiger partial charge is 0.439 e. The maximum absolute atomic E-state index is 5.83. The second kappa shape index (κ2) is 4.78. The first-order chi connectivity index (χ1) is 8.86. The molecular formula is C15H16N2O. The Kier molecular flexibility index (Phi) is 2.99. The Labute approximate surface area is 107 Å². The molecule has 1 aliphatic rings. The van der Waals surface area contributed by atoms with Crippen molar-refractivity contribution in [3.63, 3.8) is 0 Å². The van der Waals surface area contributed by atoms with Gasteiger partial charge in [-0.15, -0.1) is 0 Å². The van der Waals surface area contributed by atoms with Gasteiger partial charge >= 0.3 is 0 Å². The van der Waals surface area contributed by atoms with E-state index in [0.29, 0.717) is 12.4 Å². The summed E-state index contributed by atoms with van der Waals surface area (Å²) in [7, 11) is 0. The van der Waals surface area contributed by atoms with Gasteiger partial charge in [-0.1, -0.05) is 12.1 Å². The molecule has 3 heteroatoms. The van der Waals surface area contributed by atoms with Crippen molar-refractivity contribution in [1.82, 2.24) is 4.98 Å². The average molecular weight is 240 g/mol. The average Bonchev–Trinajstić information content (AvgIpc) is 2.87. The van der Waals surface area contributed by atoms with Gasteiger partial charge in [0, 0.05) is 18.3 Å². The number of rotatable bonds is 3. The molecule has 0 atom stereocenters. The van der Waals surface area contributed by atoms with Crippen LogP contribution in [-0.4, -0.2) is 4.98 Å². The van der Waals surface area contributed by atoms with Crippen molar-refractivity contribution in [3.05, 3.63) is 53.2 Å². The zero-order valence-corrected chi connectivity index (χ0v) is 10.2. The highest BCUT2D eigenvalue weighted by Gasteiger charge is 2.12. The third-order valence-electron chi connectivity index (χ3n) is 3.35. The van der Waals surface area contributed by atoms with Crippen LogP contribution >= 0.6 is 0 Å². The summed E-state index contributed by atoms with van der Waals surface area (Å²) in [4.78, 5) is 4.24. The zero-order chi connectivity index (χ0) is 12.4. The molecular weight excluding hydrogens is 224 g/mol. The van der Waals surface area contributed by atoms with E-state index < -0.39 is 0 Å². The Hall–Kier alpha value is -1.87. The van der Waals surface area contributed by atoms with Gasteiger partial charge in [0.25, 0.3) is 0 Å². The fraction of sp³-hybridized carbons (Fsp3) is 0.267. The Bertz CT molecular complexity index is 566. The van der Waals surface area contributed by atoms with Crippen LogP contribution in [-0.2, 0) is 19.4 Å². The van der Waals surface area contributed by atoms with Gasteiger partial charge in [0.2, 0.25) is 5.88 Å². The quantitative estimate of drug-likeness (QED) is 0.897. The third kappa shape index (κ3) is 2.09. The van der Waals surface area contributed by atoms with Gasteiger partial charge in [-0.05, 0) is 48.6 Å². The molecule has 0 fully saturated rings. The molecule has 0 spiro atoms. The van der Waals surface area contributed by atoms with Gasteiger partial charge < -0.3 is 10.5 Å². The van der Waals surface area contributed by atoms with Gasteiger partial charge in [-0.2, -0.15) is 0 Å². The third-order valence-corrected chi connectivity index (χ3v) is 3.35. The summed E-state index contributed by atoms with van der Waals surface area (Å²) in [6.45, 7) is 0.439. The maximum atomic E-state index is 5.83. The van der Waals surface area contributed by atoms with Gasteiger partial charge in [-0.3, -0.25) is 0 Å². The van der Waals surface area contributed by atoms with Crippen molar-refractivity contribution < 1.29 is 4.74 Å². The second-order valence-corrected chi connectivity index (χ2v) is 4.56. The van der Waals surface area contributed by atoms with E-state index in [0.717, 1.165) is 17.7 Å². The van der Waals surface area contributed by atoms with Crippen LogP contribution in [0.25, 0.3) is 0 Å². The van der Waals surface area contributed by atoms with Crippen LogP contribution in [0, 0.1) is 0 Å². The number of pyridine rings is 1. The molecule has 18 heavy (non-hydrogen) atoms. The van der Waals surface area contributed by atoms with Gasteiger partial charge in [-0.25, -0.2) is 4.98 Å². The van der Waals surface area contributed by atoms with Crippen LogP contribution in [0.2, 0.25) is 0 Å². The Morgan fingerprint density at radius 3 is 2.94 bits per heavy atom. The molecule has 0 saturated heterocycles. The molecule has 1 heterocycles. The second-order valence-electron chi connectivity index (χ2n) is 4.56. The van der Waals surface area contributed by atoms with Crippen LogP contribution in [0.15, 0.2) is 36.5 Å². The van der Waals surface area contributed by atoms with Crippen LogP contribution in [0.3, 0.4) is 0 Å². The molecule has 0 aliphatic heterocycles. The van der Waals surface area contributed by atoms with E-state index in [2.05, 4.69) is 17.1 Å². The van der Waals surface area contributed by atoms with Crippen LogP contribution in [0.5, 0.6) is 11.6 Å². The first-order valence-corrected chi connectivity index (χ1v) is 6.30. The SMILES string of the molecule is NCc1cccnc1Oc1ccc2c(c1)CCC2. The van der Waals surface area contributed by atoms with Crippen molar-refractivity contribution in [2.24, 2.45) is 5.73 Å². The van der Waals surface area contributed by atoms with Gasteiger partial charge in [0.05, 0.1) is 0 Å². The number of aromatic nitrogens is 1. The molecule has 1 aromatic heterocycles. The number of nitrogens with two attached hydrogens (primary N) is 1. The number of aryl methyl sites for hydroxylation is 2. The molecule has 0 saturated carbocycles. The molecule has 1 aromatic carbocycles. The lowest BCUT2D eigenvalue weighted by Crippen LogP contribution is -2.01. The van der Waals surface area contributed by atoms with E-state index >= 15 is 0 Å². The normalized spacial score (nSPS) is 13.4. The first-order valence-electron chi connectivity index (χ1n) is 6.30. The Morgan fingerprint density at radius 1 is 1.17 bits per heavy atom. The number of nitrogens with zero attached hydrogens (tertiary/aromatic N) is 1. The van der Waals surface area contributed by atoms with E-state index in [-0.39, 0.29) is 0 Å². The van der Waals surface area contributed by atoms with Crippen molar-refractivity contribution >= 4 is 0 Å². The van der Waals surface area contributed by atoms with E-state index in [1.807, 2.05) is 18.2 Å². The minimum absolute atomic E-state index is 0.439. The minimum atomic E-state index is 0.439. The molecule has 2 N–H and O–H groups in total. The van der Waals surface area contributed by atoms with Crippen LogP contribution in [0.1, 0.15) is 23.1 Å². The van der Waals surface area contributed by atoms with E-state index in [1.165, 1.54) is 24.0 Å². The van der Waals surface area contributed by atoms with Gasteiger partial charge in [0.1, 0.15) is 5.75 Å². The summed E-state index contributed by atoms with van der Waals surface area (Å²) in [5, 5.41) is 0. The highest BCUT2D eigenvalue weighted by atomic mass is 16.5. The first kappa shape index (κ1) is 11.2. The van der Waals surface area contributed by atoms with Crippen molar-refractivity contribution in [2.45, 2.75) is 25.8 Å². The maximum Gasteiger partial charge on any atom is 0.223 e. The summed E-state index contributed by atoms with van der Waals surface area (Å²) in [6.07, 6.45) is 5.31. The van der Waals surface area contributed by atoms with Gasteiger partial charge in [0.15, 0.2) is 0 Å². The smallest absolute Gasteiger partial charge is 0.223 e. The fourth-order valence-electron chi connectivity index (χ4n) is 2.39. The van der Waals surface area contributed by atoms with Crippen molar-refractivity contribution in [2.75, 3.05) is 0 Å². The summed E-state index contributed by atoms with van der Waals surface area (Å²) in [6, 6.07) is 10.1. The zero-order valence-electron chi connectivity index (χ0n) is 10.2. The molecule has 0 unspecified atom stereocenters. The predicted octanol–water partition coefficient (Wildman–Crippen LogP) is 2.82. The van der Waals surface area contributed by atoms with Crippen LogP contribution in [0.4, 0.5) is 0 Å². The standard InChI is InChI=1S/C15H16N2O/c16-10-13-5-2-8-17-15(13)18-14-7-6-11-3-1-4-12(11)9-14/h2,5-9H,1,3-4,10,16H2. The molecule has 0 radical (unpaired) electrons. The monoisotopic (exact) mass is 240 g/mol. The van der Waals surface area contributed by atoms with Crippen molar-refractivity contribution in [1.29, 1.82) is 0 Å². The molecule has 3 rings (SSSR count). The molecule has 3 nitrogen and oxygen atoms in total. The molecule has 1 aliphatic carbocycles. The number of hydrogen-bond acceptors (Lipinski definition) is 3. The van der Waals surface area contributed by atoms with E-state index in [9.17, 15) is 0 Å².